The van der Waals surface area contributed by atoms with Crippen LogP contribution in [0.2, 0.25) is 0 Å². The van der Waals surface area contributed by atoms with Gasteiger partial charge >= 0.3 is 0 Å². The Bertz CT molecular complexity index is 531. The monoisotopic (exact) mass is 291 g/mol. The molecule has 0 radical (unpaired) electrons. The van der Waals surface area contributed by atoms with Gasteiger partial charge in [-0.2, -0.15) is 0 Å². The van der Waals surface area contributed by atoms with Crippen molar-refractivity contribution in [3.05, 3.63) is 23.9 Å². The third-order valence-electron chi connectivity index (χ3n) is 3.55. The minimum absolute atomic E-state index is 0.0355. The van der Waals surface area contributed by atoms with Crippen LogP contribution in [0.4, 0.5) is 0 Å². The lowest BCUT2D eigenvalue weighted by Gasteiger charge is -2.26. The third-order valence-corrected chi connectivity index (χ3v) is 3.55. The Morgan fingerprint density at radius 3 is 2.90 bits per heavy atom. The number of carbonyl (C=O) groups excluding carboxylic acids is 2. The van der Waals surface area contributed by atoms with Gasteiger partial charge in [-0.05, 0) is 17.5 Å². The number of rotatable bonds is 4. The number of ether oxygens (including phenoxy) is 1. The number of pyridine rings is 1. The molecule has 6 heteroatoms. The van der Waals surface area contributed by atoms with Gasteiger partial charge in [0.25, 0.3) is 0 Å². The molecule has 0 saturated carbocycles. The van der Waals surface area contributed by atoms with Crippen LogP contribution in [0.5, 0.6) is 5.88 Å². The summed E-state index contributed by atoms with van der Waals surface area (Å²) in [5.41, 5.74) is 0.937. The molecular weight excluding hydrogens is 270 g/mol. The molecule has 1 atom stereocenters. The van der Waals surface area contributed by atoms with E-state index in [4.69, 9.17) is 4.74 Å². The fraction of sp³-hybridized carbons (Fsp3) is 0.533. The van der Waals surface area contributed by atoms with Crippen LogP contribution in [0.3, 0.4) is 0 Å². The molecule has 2 rings (SSSR count). The van der Waals surface area contributed by atoms with Crippen molar-refractivity contribution < 1.29 is 14.3 Å². The zero-order valence-corrected chi connectivity index (χ0v) is 12.6. The molecule has 2 amide bonds. The van der Waals surface area contributed by atoms with Crippen molar-refractivity contribution in [3.63, 3.8) is 0 Å². The SMILES string of the molecule is COc1cc(CN2CCC(=O)NC(C(C)C)C2=O)ccn1. The van der Waals surface area contributed by atoms with Crippen LogP contribution in [0.15, 0.2) is 18.3 Å². The van der Waals surface area contributed by atoms with Crippen molar-refractivity contribution >= 4 is 11.8 Å². The minimum Gasteiger partial charge on any atom is -0.481 e. The number of nitrogens with one attached hydrogen (secondary N) is 1. The number of aromatic nitrogens is 1. The average molecular weight is 291 g/mol. The summed E-state index contributed by atoms with van der Waals surface area (Å²) < 4.78 is 5.09. The summed E-state index contributed by atoms with van der Waals surface area (Å²) in [6, 6.07) is 3.20. The first-order valence-corrected chi connectivity index (χ1v) is 7.08. The predicted octanol–water partition coefficient (Wildman–Crippen LogP) is 0.963. The molecule has 0 bridgehead atoms. The van der Waals surface area contributed by atoms with Crippen LogP contribution >= 0.6 is 0 Å². The second kappa shape index (κ2) is 6.56. The van der Waals surface area contributed by atoms with Crippen LogP contribution < -0.4 is 10.1 Å². The Morgan fingerprint density at radius 1 is 1.48 bits per heavy atom. The Labute approximate surface area is 124 Å². The maximum Gasteiger partial charge on any atom is 0.245 e. The molecule has 1 aliphatic heterocycles. The van der Waals surface area contributed by atoms with E-state index < -0.39 is 6.04 Å². The molecule has 1 N–H and O–H groups in total. The number of nitrogens with zero attached hydrogens (tertiary/aromatic N) is 2. The topological polar surface area (TPSA) is 71.5 Å². The summed E-state index contributed by atoms with van der Waals surface area (Å²) >= 11 is 0. The van der Waals surface area contributed by atoms with Crippen molar-refractivity contribution in [3.8, 4) is 5.88 Å². The van der Waals surface area contributed by atoms with Gasteiger partial charge in [-0.3, -0.25) is 9.59 Å². The Kier molecular flexibility index (Phi) is 4.77. The van der Waals surface area contributed by atoms with Gasteiger partial charge in [0.05, 0.1) is 7.11 Å². The summed E-state index contributed by atoms with van der Waals surface area (Å²) in [4.78, 5) is 30.0. The first kappa shape index (κ1) is 15.3. The number of hydrogen-bond donors (Lipinski definition) is 1. The Hall–Kier alpha value is -2.11. The highest BCUT2D eigenvalue weighted by atomic mass is 16.5. The third kappa shape index (κ3) is 3.71. The van der Waals surface area contributed by atoms with Gasteiger partial charge in [-0.25, -0.2) is 4.98 Å². The maximum atomic E-state index is 12.6. The highest BCUT2D eigenvalue weighted by Crippen LogP contribution is 2.16. The van der Waals surface area contributed by atoms with E-state index in [-0.39, 0.29) is 17.7 Å². The van der Waals surface area contributed by atoms with Crippen LogP contribution in [0, 0.1) is 5.92 Å². The fourth-order valence-electron chi connectivity index (χ4n) is 2.34. The summed E-state index contributed by atoms with van der Waals surface area (Å²) in [5, 5.41) is 2.80. The van der Waals surface area contributed by atoms with Gasteiger partial charge in [0.15, 0.2) is 0 Å². The molecule has 2 heterocycles. The summed E-state index contributed by atoms with van der Waals surface area (Å²) in [7, 11) is 1.56. The zero-order chi connectivity index (χ0) is 15.4. The number of amides is 2. The quantitative estimate of drug-likeness (QED) is 0.897. The highest BCUT2D eigenvalue weighted by molar-refractivity contribution is 5.90. The first-order chi connectivity index (χ1) is 10.0. The zero-order valence-electron chi connectivity index (χ0n) is 12.6. The predicted molar refractivity (Wildman–Crippen MR) is 77.6 cm³/mol. The average Bonchev–Trinajstić information content (AvgIpc) is 2.60. The molecule has 1 aromatic rings. The molecule has 1 aliphatic rings. The smallest absolute Gasteiger partial charge is 0.245 e. The van der Waals surface area contributed by atoms with Gasteiger partial charge in [0, 0.05) is 31.8 Å². The van der Waals surface area contributed by atoms with Crippen molar-refractivity contribution in [2.24, 2.45) is 5.92 Å². The lowest BCUT2D eigenvalue weighted by molar-refractivity contribution is -0.135. The molecule has 1 fully saturated rings. The van der Waals surface area contributed by atoms with Crippen LogP contribution in [0.1, 0.15) is 25.8 Å². The van der Waals surface area contributed by atoms with E-state index in [0.717, 1.165) is 5.56 Å². The van der Waals surface area contributed by atoms with E-state index in [0.29, 0.717) is 25.4 Å². The summed E-state index contributed by atoms with van der Waals surface area (Å²) in [5.74, 6) is 0.474. The fourth-order valence-corrected chi connectivity index (χ4v) is 2.34. The van der Waals surface area contributed by atoms with Crippen molar-refractivity contribution in [1.82, 2.24) is 15.2 Å². The molecule has 0 aromatic carbocycles. The van der Waals surface area contributed by atoms with E-state index in [1.54, 1.807) is 24.3 Å². The molecular formula is C15H21N3O3. The molecule has 1 saturated heterocycles. The molecule has 0 aliphatic carbocycles. The minimum atomic E-state index is -0.455. The lowest BCUT2D eigenvalue weighted by Crippen LogP contribution is -2.47. The van der Waals surface area contributed by atoms with Crippen LogP contribution in [-0.2, 0) is 16.1 Å². The summed E-state index contributed by atoms with van der Waals surface area (Å²) in [6.45, 7) is 4.75. The van der Waals surface area contributed by atoms with E-state index in [1.165, 1.54) is 0 Å². The second-order valence-corrected chi connectivity index (χ2v) is 5.51. The van der Waals surface area contributed by atoms with E-state index >= 15 is 0 Å². The molecule has 0 spiro atoms. The van der Waals surface area contributed by atoms with Gasteiger partial charge in [0.2, 0.25) is 17.7 Å². The van der Waals surface area contributed by atoms with Crippen molar-refractivity contribution in [2.45, 2.75) is 32.9 Å². The molecule has 1 unspecified atom stereocenters. The number of hydrogen-bond acceptors (Lipinski definition) is 4. The normalized spacial score (nSPS) is 19.4. The first-order valence-electron chi connectivity index (χ1n) is 7.08. The number of carbonyl (C=O) groups is 2. The standard InChI is InChI=1S/C15H21N3O3/c1-10(2)14-15(20)18(7-5-12(19)17-14)9-11-4-6-16-13(8-11)21-3/h4,6,8,10,14H,5,7,9H2,1-3H3,(H,17,19). The molecule has 114 valence electrons. The lowest BCUT2D eigenvalue weighted by atomic mass is 10.0. The van der Waals surface area contributed by atoms with Gasteiger partial charge < -0.3 is 15.0 Å². The van der Waals surface area contributed by atoms with Crippen molar-refractivity contribution in [1.29, 1.82) is 0 Å². The van der Waals surface area contributed by atoms with Gasteiger partial charge in [-0.1, -0.05) is 13.8 Å². The largest absolute Gasteiger partial charge is 0.481 e. The van der Waals surface area contributed by atoms with Gasteiger partial charge in [-0.15, -0.1) is 0 Å². The molecule has 6 nitrogen and oxygen atoms in total. The molecule has 21 heavy (non-hydrogen) atoms. The summed E-state index contributed by atoms with van der Waals surface area (Å²) in [6.07, 6.45) is 1.98. The Morgan fingerprint density at radius 2 is 2.24 bits per heavy atom. The van der Waals surface area contributed by atoms with Crippen LogP contribution in [-0.4, -0.2) is 41.4 Å². The van der Waals surface area contributed by atoms with E-state index in [1.807, 2.05) is 19.9 Å². The highest BCUT2D eigenvalue weighted by Gasteiger charge is 2.31. The van der Waals surface area contributed by atoms with E-state index in [2.05, 4.69) is 10.3 Å². The van der Waals surface area contributed by atoms with Crippen molar-refractivity contribution in [2.75, 3.05) is 13.7 Å². The van der Waals surface area contributed by atoms with Crippen LogP contribution in [0.25, 0.3) is 0 Å². The number of methoxy groups -OCH3 is 1. The van der Waals surface area contributed by atoms with E-state index in [9.17, 15) is 9.59 Å². The van der Waals surface area contributed by atoms with Gasteiger partial charge in [0.1, 0.15) is 6.04 Å². The Balaban J connectivity index is 2.16. The second-order valence-electron chi connectivity index (χ2n) is 5.51. The molecule has 1 aromatic heterocycles. The maximum absolute atomic E-state index is 12.6.